The fraction of sp³-hybridized carbons (Fsp3) is 0.435. The second-order valence-electron chi connectivity index (χ2n) is 8.19. The molecular weight excluding hydrogens is 346 g/mol. The summed E-state index contributed by atoms with van der Waals surface area (Å²) in [4.78, 5) is 18.7. The number of aromatic nitrogens is 3. The van der Waals surface area contributed by atoms with E-state index in [1.165, 1.54) is 37.9 Å². The molecule has 2 aromatic heterocycles. The monoisotopic (exact) mass is 373 g/mol. The molecule has 2 aliphatic heterocycles. The third-order valence-electron chi connectivity index (χ3n) is 6.41. The van der Waals surface area contributed by atoms with E-state index in [4.69, 9.17) is 4.98 Å². The Balaban J connectivity index is 1.17. The number of benzene rings is 1. The molecule has 0 aliphatic carbocycles. The summed E-state index contributed by atoms with van der Waals surface area (Å²) in [6.45, 7) is 5.66. The number of hydrogen-bond donors (Lipinski definition) is 0. The lowest BCUT2D eigenvalue weighted by atomic mass is 9.83. The van der Waals surface area contributed by atoms with Crippen molar-refractivity contribution in [2.24, 2.45) is 11.8 Å². The van der Waals surface area contributed by atoms with Crippen LogP contribution in [0.4, 0.5) is 5.82 Å². The molecule has 0 unspecified atom stereocenters. The Morgan fingerprint density at radius 1 is 0.857 bits per heavy atom. The summed E-state index contributed by atoms with van der Waals surface area (Å²) >= 11 is 0. The van der Waals surface area contributed by atoms with E-state index in [9.17, 15) is 0 Å². The molecule has 28 heavy (non-hydrogen) atoms. The van der Waals surface area contributed by atoms with Crippen molar-refractivity contribution in [3.05, 3.63) is 60.6 Å². The lowest BCUT2D eigenvalue weighted by Gasteiger charge is -2.34. The van der Waals surface area contributed by atoms with Crippen LogP contribution >= 0.6 is 0 Å². The third kappa shape index (κ3) is 3.72. The zero-order valence-corrected chi connectivity index (χ0v) is 16.2. The summed E-state index contributed by atoms with van der Waals surface area (Å²) < 4.78 is 0. The third-order valence-corrected chi connectivity index (χ3v) is 6.41. The van der Waals surface area contributed by atoms with E-state index in [-0.39, 0.29) is 0 Å². The molecule has 0 N–H and O–H groups in total. The number of para-hydroxylation sites is 2. The molecule has 0 saturated carbocycles. The summed E-state index contributed by atoms with van der Waals surface area (Å²) in [6.07, 6.45) is 9.68. The van der Waals surface area contributed by atoms with Gasteiger partial charge in [-0.2, -0.15) is 0 Å². The van der Waals surface area contributed by atoms with Gasteiger partial charge in [-0.3, -0.25) is 14.9 Å². The average Bonchev–Trinajstić information content (AvgIpc) is 3.25. The van der Waals surface area contributed by atoms with E-state index in [0.717, 1.165) is 48.3 Å². The normalized spacial score (nSPS) is 21.4. The molecule has 144 valence electrons. The Morgan fingerprint density at radius 3 is 2.50 bits per heavy atom. The Kier molecular flexibility index (Phi) is 4.92. The minimum Gasteiger partial charge on any atom is -0.355 e. The van der Waals surface area contributed by atoms with Gasteiger partial charge in [-0.05, 0) is 68.0 Å². The van der Waals surface area contributed by atoms with Gasteiger partial charge in [-0.25, -0.2) is 4.98 Å². The zero-order chi connectivity index (χ0) is 18.8. The highest BCUT2D eigenvalue weighted by Crippen LogP contribution is 2.34. The van der Waals surface area contributed by atoms with Gasteiger partial charge < -0.3 is 4.90 Å². The second-order valence-corrected chi connectivity index (χ2v) is 8.19. The molecule has 0 bridgehead atoms. The molecule has 1 atom stereocenters. The topological polar surface area (TPSA) is 45.2 Å². The predicted octanol–water partition coefficient (Wildman–Crippen LogP) is 3.76. The second kappa shape index (κ2) is 7.84. The van der Waals surface area contributed by atoms with E-state index in [0.29, 0.717) is 0 Å². The van der Waals surface area contributed by atoms with Crippen LogP contribution in [0, 0.1) is 11.8 Å². The van der Waals surface area contributed by atoms with Crippen molar-refractivity contribution in [3.63, 3.8) is 0 Å². The number of piperidine rings is 1. The average molecular weight is 374 g/mol. The van der Waals surface area contributed by atoms with Crippen molar-refractivity contribution in [3.8, 4) is 0 Å². The highest BCUT2D eigenvalue weighted by Gasteiger charge is 2.32. The molecule has 2 saturated heterocycles. The summed E-state index contributed by atoms with van der Waals surface area (Å²) in [5.74, 6) is 2.66. The maximum absolute atomic E-state index is 4.84. The maximum Gasteiger partial charge on any atom is 0.147 e. The number of pyridine rings is 1. The van der Waals surface area contributed by atoms with Gasteiger partial charge in [0.25, 0.3) is 0 Å². The quantitative estimate of drug-likeness (QED) is 0.697. The molecule has 0 amide bonds. The van der Waals surface area contributed by atoms with E-state index < -0.39 is 0 Å². The highest BCUT2D eigenvalue weighted by molar-refractivity contribution is 5.75. The lowest BCUT2D eigenvalue weighted by molar-refractivity contribution is 0.147. The summed E-state index contributed by atoms with van der Waals surface area (Å²) in [5, 5.41) is 0. The van der Waals surface area contributed by atoms with Crippen molar-refractivity contribution >= 4 is 16.9 Å². The number of rotatable bonds is 4. The van der Waals surface area contributed by atoms with E-state index >= 15 is 0 Å². The van der Waals surface area contributed by atoms with Crippen LogP contribution in [-0.2, 0) is 6.54 Å². The van der Waals surface area contributed by atoms with Gasteiger partial charge in [-0.15, -0.1) is 0 Å². The molecule has 4 heterocycles. The number of anilines is 1. The maximum atomic E-state index is 4.84. The van der Waals surface area contributed by atoms with Crippen LogP contribution in [0.1, 0.15) is 24.8 Å². The van der Waals surface area contributed by atoms with Gasteiger partial charge in [-0.1, -0.05) is 18.2 Å². The fourth-order valence-electron chi connectivity index (χ4n) is 4.81. The van der Waals surface area contributed by atoms with Crippen LogP contribution in [0.15, 0.2) is 55.0 Å². The molecule has 5 rings (SSSR count). The van der Waals surface area contributed by atoms with Gasteiger partial charge in [0.05, 0.1) is 17.2 Å². The molecule has 1 aromatic carbocycles. The largest absolute Gasteiger partial charge is 0.355 e. The van der Waals surface area contributed by atoms with Gasteiger partial charge >= 0.3 is 0 Å². The van der Waals surface area contributed by atoms with Crippen molar-refractivity contribution in [1.29, 1.82) is 0 Å². The predicted molar refractivity (Wildman–Crippen MR) is 112 cm³/mol. The van der Waals surface area contributed by atoms with Crippen LogP contribution < -0.4 is 4.90 Å². The highest BCUT2D eigenvalue weighted by atomic mass is 15.2. The minimum absolute atomic E-state index is 0.786. The Bertz CT molecular complexity index is 920. The van der Waals surface area contributed by atoms with Gasteiger partial charge in [0.1, 0.15) is 5.82 Å². The number of fused-ring (bicyclic) bond motifs is 1. The van der Waals surface area contributed by atoms with E-state index in [2.05, 4.69) is 31.9 Å². The van der Waals surface area contributed by atoms with Crippen LogP contribution in [0.25, 0.3) is 11.0 Å². The Hall–Kier alpha value is -2.53. The molecule has 2 fully saturated rings. The molecule has 3 aromatic rings. The lowest BCUT2D eigenvalue weighted by Crippen LogP contribution is -2.36. The molecule has 0 radical (unpaired) electrons. The summed E-state index contributed by atoms with van der Waals surface area (Å²) in [6, 6.07) is 12.3. The van der Waals surface area contributed by atoms with E-state index in [1.54, 1.807) is 0 Å². The first-order chi connectivity index (χ1) is 13.8. The first-order valence-corrected chi connectivity index (χ1v) is 10.4. The molecule has 0 spiro atoms. The van der Waals surface area contributed by atoms with Crippen LogP contribution in [0.5, 0.6) is 0 Å². The smallest absolute Gasteiger partial charge is 0.147 e. The molecule has 5 nitrogen and oxygen atoms in total. The standard InChI is InChI=1S/C23H27N5/c1-2-6-22-21(5-1)25-15-23(26-22)28-13-9-20(17-28)19-7-11-27(12-8-19)16-18-4-3-10-24-14-18/h1-6,10,14-15,19-20H,7-9,11-13,16-17H2/t20-/m1/s1. The van der Waals surface area contributed by atoms with Crippen LogP contribution in [0.2, 0.25) is 0 Å². The van der Waals surface area contributed by atoms with Gasteiger partial charge in [0, 0.05) is 32.0 Å². The van der Waals surface area contributed by atoms with Crippen molar-refractivity contribution in [2.45, 2.75) is 25.8 Å². The molecule has 5 heteroatoms. The number of likely N-dealkylation sites (tertiary alicyclic amines) is 1. The Morgan fingerprint density at radius 2 is 1.68 bits per heavy atom. The van der Waals surface area contributed by atoms with Crippen LogP contribution in [-0.4, -0.2) is 46.0 Å². The first-order valence-electron chi connectivity index (χ1n) is 10.4. The van der Waals surface area contributed by atoms with Crippen molar-refractivity contribution in [1.82, 2.24) is 19.9 Å². The summed E-state index contributed by atoms with van der Waals surface area (Å²) in [5.41, 5.74) is 3.29. The first kappa shape index (κ1) is 17.6. The molecule has 2 aliphatic rings. The van der Waals surface area contributed by atoms with Gasteiger partial charge in [0.2, 0.25) is 0 Å². The van der Waals surface area contributed by atoms with Crippen LogP contribution in [0.3, 0.4) is 0 Å². The fourth-order valence-corrected chi connectivity index (χ4v) is 4.81. The van der Waals surface area contributed by atoms with Crippen molar-refractivity contribution in [2.75, 3.05) is 31.1 Å². The number of nitrogens with zero attached hydrogens (tertiary/aromatic N) is 5. The van der Waals surface area contributed by atoms with E-state index in [1.807, 2.05) is 42.9 Å². The Labute approximate surface area is 166 Å². The molecular formula is C23H27N5. The van der Waals surface area contributed by atoms with Crippen molar-refractivity contribution < 1.29 is 0 Å². The van der Waals surface area contributed by atoms with Gasteiger partial charge in [0.15, 0.2) is 0 Å². The zero-order valence-electron chi connectivity index (χ0n) is 16.2. The summed E-state index contributed by atoms with van der Waals surface area (Å²) in [7, 11) is 0. The minimum atomic E-state index is 0.786. The number of hydrogen-bond acceptors (Lipinski definition) is 5. The SMILES string of the molecule is c1cncc(CN2CCC([C@@H]3CCN(c4cnc5ccccc5n4)C3)CC2)c1.